The lowest BCUT2D eigenvalue weighted by molar-refractivity contribution is -0.120. The van der Waals surface area contributed by atoms with Crippen molar-refractivity contribution >= 4 is 33.2 Å². The summed E-state index contributed by atoms with van der Waals surface area (Å²) in [6, 6.07) is 4.51. The van der Waals surface area contributed by atoms with Crippen molar-refractivity contribution in [3.05, 3.63) is 23.2 Å². The molecule has 6 nitrogen and oxygen atoms in total. The second-order valence-electron chi connectivity index (χ2n) is 4.20. The smallest absolute Gasteiger partial charge is 0.247 e. The molecule has 1 aromatic carbocycles. The summed E-state index contributed by atoms with van der Waals surface area (Å²) in [7, 11) is -3.86. The van der Waals surface area contributed by atoms with E-state index in [0.29, 0.717) is 13.0 Å². The quantitative estimate of drug-likeness (QED) is 0.775. The fourth-order valence-electron chi connectivity index (χ4n) is 1.91. The van der Waals surface area contributed by atoms with Crippen LogP contribution in [0.15, 0.2) is 23.1 Å². The van der Waals surface area contributed by atoms with E-state index in [1.165, 1.54) is 12.1 Å². The average Bonchev–Trinajstić information content (AvgIpc) is 2.53. The van der Waals surface area contributed by atoms with E-state index in [4.69, 9.17) is 17.3 Å². The number of sulfonamides is 1. The molecule has 3 N–H and O–H groups in total. The van der Waals surface area contributed by atoms with Gasteiger partial charge in [-0.25, -0.2) is 8.42 Å². The van der Waals surface area contributed by atoms with Gasteiger partial charge in [-0.2, -0.15) is 4.31 Å². The Morgan fingerprint density at radius 2 is 2.11 bits per heavy atom. The number of hydrogen-bond acceptors (Lipinski definition) is 4. The zero-order chi connectivity index (χ0) is 14.0. The third-order valence-corrected chi connectivity index (χ3v) is 5.21. The van der Waals surface area contributed by atoms with Crippen molar-refractivity contribution in [3.8, 4) is 0 Å². The van der Waals surface area contributed by atoms with Gasteiger partial charge in [0, 0.05) is 13.1 Å². The van der Waals surface area contributed by atoms with Gasteiger partial charge in [0.15, 0.2) is 0 Å². The molecule has 1 heterocycles. The predicted molar refractivity (Wildman–Crippen MR) is 72.2 cm³/mol. The number of nitrogen functional groups attached to an aromatic ring is 1. The summed E-state index contributed by atoms with van der Waals surface area (Å²) in [5.41, 5.74) is 5.78. The van der Waals surface area contributed by atoms with Crippen LogP contribution in [0.5, 0.6) is 0 Å². The molecular formula is C11H14ClN3O3S. The average molecular weight is 304 g/mol. The van der Waals surface area contributed by atoms with E-state index in [9.17, 15) is 13.2 Å². The lowest BCUT2D eigenvalue weighted by Gasteiger charge is -2.20. The Morgan fingerprint density at radius 3 is 2.79 bits per heavy atom. The van der Waals surface area contributed by atoms with Crippen molar-refractivity contribution in [2.24, 2.45) is 0 Å². The van der Waals surface area contributed by atoms with Gasteiger partial charge in [-0.1, -0.05) is 17.7 Å². The van der Waals surface area contributed by atoms with Gasteiger partial charge >= 0.3 is 0 Å². The maximum Gasteiger partial charge on any atom is 0.247 e. The van der Waals surface area contributed by atoms with Crippen LogP contribution in [0.3, 0.4) is 0 Å². The van der Waals surface area contributed by atoms with Crippen LogP contribution in [0, 0.1) is 0 Å². The summed E-state index contributed by atoms with van der Waals surface area (Å²) in [5, 5.41) is 2.68. The highest BCUT2D eigenvalue weighted by Crippen LogP contribution is 2.30. The highest BCUT2D eigenvalue weighted by Gasteiger charge is 2.31. The summed E-state index contributed by atoms with van der Waals surface area (Å²) in [6.07, 6.45) is 0.551. The molecule has 8 heteroatoms. The van der Waals surface area contributed by atoms with E-state index in [2.05, 4.69) is 5.32 Å². The van der Waals surface area contributed by atoms with Crippen LogP contribution in [-0.2, 0) is 14.8 Å². The Morgan fingerprint density at radius 1 is 1.37 bits per heavy atom. The first kappa shape index (κ1) is 14.1. The van der Waals surface area contributed by atoms with Gasteiger partial charge in [0.25, 0.3) is 0 Å². The number of carbonyl (C=O) groups is 1. The van der Waals surface area contributed by atoms with E-state index >= 15 is 0 Å². The lowest BCUT2D eigenvalue weighted by atomic mass is 10.3. The highest BCUT2D eigenvalue weighted by molar-refractivity contribution is 7.89. The standard InChI is InChI=1S/C11H14ClN3O3S/c12-8-3-1-4-9(13)11(8)19(17,18)15-6-2-5-14-10(16)7-15/h1,3-4H,2,5-7,13H2,(H,14,16). The van der Waals surface area contributed by atoms with E-state index in [1.54, 1.807) is 6.07 Å². The SMILES string of the molecule is Nc1cccc(Cl)c1S(=O)(=O)N1CCCNC(=O)C1. The van der Waals surface area contributed by atoms with Crippen LogP contribution < -0.4 is 11.1 Å². The minimum absolute atomic E-state index is 0.0599. The van der Waals surface area contributed by atoms with Gasteiger partial charge in [-0.3, -0.25) is 4.79 Å². The number of halogens is 1. The van der Waals surface area contributed by atoms with E-state index in [1.807, 2.05) is 0 Å². The molecule has 1 aliphatic heterocycles. The fraction of sp³-hybridized carbons (Fsp3) is 0.364. The summed E-state index contributed by atoms with van der Waals surface area (Å²) >= 11 is 5.92. The zero-order valence-electron chi connectivity index (χ0n) is 10.1. The monoisotopic (exact) mass is 303 g/mol. The topological polar surface area (TPSA) is 92.5 Å². The molecule has 0 spiro atoms. The molecule has 0 aromatic heterocycles. The van der Waals surface area contributed by atoms with Gasteiger partial charge in [0.1, 0.15) is 4.90 Å². The minimum Gasteiger partial charge on any atom is -0.398 e. The van der Waals surface area contributed by atoms with Crippen LogP contribution in [0.25, 0.3) is 0 Å². The molecular weight excluding hydrogens is 290 g/mol. The van der Waals surface area contributed by atoms with Crippen molar-refractivity contribution in [3.63, 3.8) is 0 Å². The van der Waals surface area contributed by atoms with Gasteiger partial charge in [0.2, 0.25) is 15.9 Å². The molecule has 0 unspecified atom stereocenters. The van der Waals surface area contributed by atoms with Crippen LogP contribution >= 0.6 is 11.6 Å². The molecule has 0 saturated carbocycles. The van der Waals surface area contributed by atoms with Gasteiger partial charge in [-0.15, -0.1) is 0 Å². The first-order valence-corrected chi connectivity index (χ1v) is 7.55. The molecule has 1 aromatic rings. The second kappa shape index (κ2) is 5.36. The maximum atomic E-state index is 12.5. The molecule has 1 aliphatic rings. The van der Waals surface area contributed by atoms with Crippen molar-refractivity contribution in [2.75, 3.05) is 25.4 Å². The first-order valence-electron chi connectivity index (χ1n) is 5.74. The fourth-order valence-corrected chi connectivity index (χ4v) is 3.98. The van der Waals surface area contributed by atoms with E-state index in [0.717, 1.165) is 4.31 Å². The maximum absolute atomic E-state index is 12.5. The molecule has 1 fully saturated rings. The zero-order valence-corrected chi connectivity index (χ0v) is 11.7. The number of benzene rings is 1. The molecule has 0 aliphatic carbocycles. The summed E-state index contributed by atoms with van der Waals surface area (Å²) < 4.78 is 26.1. The Bertz CT molecular complexity index is 583. The largest absolute Gasteiger partial charge is 0.398 e. The Labute approximate surface area is 116 Å². The Balaban J connectivity index is 2.44. The van der Waals surface area contributed by atoms with Crippen LogP contribution in [0.4, 0.5) is 5.69 Å². The number of nitrogens with zero attached hydrogens (tertiary/aromatic N) is 1. The van der Waals surface area contributed by atoms with Crippen LogP contribution in [0.2, 0.25) is 5.02 Å². The number of nitrogens with two attached hydrogens (primary N) is 1. The van der Waals surface area contributed by atoms with Gasteiger partial charge in [0.05, 0.1) is 17.3 Å². The van der Waals surface area contributed by atoms with Crippen molar-refractivity contribution in [1.29, 1.82) is 0 Å². The molecule has 1 saturated heterocycles. The van der Waals surface area contributed by atoms with Crippen LogP contribution in [0.1, 0.15) is 6.42 Å². The molecule has 2 rings (SSSR count). The second-order valence-corrected chi connectivity index (χ2v) is 6.48. The summed E-state index contributed by atoms with van der Waals surface area (Å²) in [5.74, 6) is -0.327. The lowest BCUT2D eigenvalue weighted by Crippen LogP contribution is -2.37. The minimum atomic E-state index is -3.86. The Kier molecular flexibility index (Phi) is 3.98. The number of rotatable bonds is 2. The van der Waals surface area contributed by atoms with E-state index in [-0.39, 0.29) is 34.6 Å². The van der Waals surface area contributed by atoms with Gasteiger partial charge < -0.3 is 11.1 Å². The molecule has 0 atom stereocenters. The molecule has 19 heavy (non-hydrogen) atoms. The molecule has 1 amide bonds. The first-order chi connectivity index (χ1) is 8.93. The number of carbonyl (C=O) groups excluding carboxylic acids is 1. The Hall–Kier alpha value is -1.31. The summed E-state index contributed by atoms with van der Waals surface area (Å²) in [4.78, 5) is 11.3. The highest BCUT2D eigenvalue weighted by atomic mass is 35.5. The molecule has 104 valence electrons. The number of hydrogen-bond donors (Lipinski definition) is 2. The van der Waals surface area contributed by atoms with Crippen LogP contribution in [-0.4, -0.2) is 38.3 Å². The van der Waals surface area contributed by atoms with Gasteiger partial charge in [-0.05, 0) is 18.6 Å². The van der Waals surface area contributed by atoms with Crippen molar-refractivity contribution < 1.29 is 13.2 Å². The van der Waals surface area contributed by atoms with Crippen molar-refractivity contribution in [1.82, 2.24) is 9.62 Å². The van der Waals surface area contributed by atoms with Crippen molar-refractivity contribution in [2.45, 2.75) is 11.3 Å². The third-order valence-electron chi connectivity index (χ3n) is 2.82. The number of amides is 1. The van der Waals surface area contributed by atoms with E-state index < -0.39 is 10.0 Å². The summed E-state index contributed by atoms with van der Waals surface area (Å²) in [6.45, 7) is 0.502. The predicted octanol–water partition coefficient (Wildman–Crippen LogP) is 0.433. The molecule has 0 radical (unpaired) electrons. The number of nitrogens with one attached hydrogen (secondary N) is 1. The third kappa shape index (κ3) is 2.83. The number of anilines is 1. The molecule has 0 bridgehead atoms. The normalized spacial score (nSPS) is 17.8.